The molecule has 2 N–H and O–H groups in total. The minimum Gasteiger partial charge on any atom is -0.478 e. The highest BCUT2D eigenvalue weighted by molar-refractivity contribution is 6.30. The van der Waals surface area contributed by atoms with E-state index in [0.717, 1.165) is 37.7 Å². The maximum atomic E-state index is 14.1. The lowest BCUT2D eigenvalue weighted by Gasteiger charge is -2.32. The van der Waals surface area contributed by atoms with E-state index < -0.39 is 17.8 Å². The summed E-state index contributed by atoms with van der Waals surface area (Å²) in [7, 11) is 0. The van der Waals surface area contributed by atoms with Gasteiger partial charge < -0.3 is 15.0 Å². The molecule has 0 radical (unpaired) electrons. The van der Waals surface area contributed by atoms with Gasteiger partial charge in [-0.1, -0.05) is 30.9 Å². The normalized spacial score (nSPS) is 15.1. The van der Waals surface area contributed by atoms with Gasteiger partial charge >= 0.3 is 5.97 Å². The molecular weight excluding hydrogens is 481 g/mol. The predicted octanol–water partition coefficient (Wildman–Crippen LogP) is 6.95. The summed E-state index contributed by atoms with van der Waals surface area (Å²) in [5.74, 6) is -1.02. The molecule has 6 nitrogen and oxygen atoms in total. The number of carbonyl (C=O) groups excluding carboxylic acids is 1. The highest BCUT2D eigenvalue weighted by Gasteiger charge is 2.34. The molecule has 1 atom stereocenters. The summed E-state index contributed by atoms with van der Waals surface area (Å²) in [6, 6.07) is 17.1. The number of rotatable bonds is 6. The summed E-state index contributed by atoms with van der Waals surface area (Å²) in [6.45, 7) is 0. The molecule has 3 aromatic carbocycles. The Morgan fingerprint density at radius 2 is 1.69 bits per heavy atom. The first-order chi connectivity index (χ1) is 17.4. The number of hydrogen-bond donors (Lipinski definition) is 2. The van der Waals surface area contributed by atoms with Gasteiger partial charge in [-0.25, -0.2) is 14.2 Å². The number of benzene rings is 3. The highest BCUT2D eigenvalue weighted by Crippen LogP contribution is 2.39. The average Bonchev–Trinajstić information content (AvgIpc) is 3.23. The SMILES string of the molecule is O=C(O)c1ccc(NC(=O)C(C2CCCCC2)n2c(-c3ccc(Cl)cc3)nc3cc(F)ccc32)cc1. The molecule has 1 aliphatic rings. The summed E-state index contributed by atoms with van der Waals surface area (Å²) < 4.78 is 16.1. The van der Waals surface area contributed by atoms with E-state index in [4.69, 9.17) is 16.6 Å². The van der Waals surface area contributed by atoms with Crippen molar-refractivity contribution in [1.82, 2.24) is 9.55 Å². The Morgan fingerprint density at radius 3 is 2.36 bits per heavy atom. The standard InChI is InChI=1S/C28H25ClFN3O3/c29-20-10-6-18(7-11-20)26-32-23-16-21(30)12-15-24(23)33(26)25(17-4-2-1-3-5-17)27(34)31-22-13-8-19(9-14-22)28(35)36/h6-17,25H,1-5H2,(H,31,34)(H,35,36). The van der Waals surface area contributed by atoms with E-state index in [-0.39, 0.29) is 17.4 Å². The lowest BCUT2D eigenvalue weighted by molar-refractivity contribution is -0.121. The first-order valence-electron chi connectivity index (χ1n) is 12.0. The highest BCUT2D eigenvalue weighted by atomic mass is 35.5. The number of carboxylic acids is 1. The number of fused-ring (bicyclic) bond motifs is 1. The van der Waals surface area contributed by atoms with Crippen molar-refractivity contribution in [2.75, 3.05) is 5.32 Å². The number of hydrogen-bond acceptors (Lipinski definition) is 3. The Balaban J connectivity index is 1.62. The van der Waals surface area contributed by atoms with Crippen molar-refractivity contribution >= 4 is 40.2 Å². The van der Waals surface area contributed by atoms with Crippen LogP contribution in [-0.2, 0) is 4.79 Å². The monoisotopic (exact) mass is 505 g/mol. The van der Waals surface area contributed by atoms with Crippen molar-refractivity contribution in [3.8, 4) is 11.4 Å². The van der Waals surface area contributed by atoms with E-state index in [1.165, 1.54) is 24.3 Å². The second-order valence-corrected chi connectivity index (χ2v) is 9.60. The number of carbonyl (C=O) groups is 2. The van der Waals surface area contributed by atoms with Crippen LogP contribution in [0, 0.1) is 11.7 Å². The van der Waals surface area contributed by atoms with E-state index >= 15 is 0 Å². The third-order valence-corrected chi connectivity index (χ3v) is 7.05. The zero-order valence-electron chi connectivity index (χ0n) is 19.5. The maximum Gasteiger partial charge on any atom is 0.335 e. The molecule has 0 spiro atoms. The maximum absolute atomic E-state index is 14.1. The number of imidazole rings is 1. The fourth-order valence-electron chi connectivity index (χ4n) is 5.06. The van der Waals surface area contributed by atoms with Gasteiger partial charge in [0.2, 0.25) is 5.91 Å². The topological polar surface area (TPSA) is 84.2 Å². The Morgan fingerprint density at radius 1 is 1.00 bits per heavy atom. The smallest absolute Gasteiger partial charge is 0.335 e. The van der Waals surface area contributed by atoms with Crippen LogP contribution in [0.15, 0.2) is 66.7 Å². The molecule has 4 aromatic rings. The molecule has 1 amide bonds. The molecule has 8 heteroatoms. The van der Waals surface area contributed by atoms with Crippen LogP contribution in [0.3, 0.4) is 0 Å². The fourth-order valence-corrected chi connectivity index (χ4v) is 5.19. The minimum absolute atomic E-state index is 0.0607. The van der Waals surface area contributed by atoms with Crippen molar-refractivity contribution in [3.05, 3.63) is 83.1 Å². The number of halogens is 2. The molecule has 1 heterocycles. The molecule has 1 fully saturated rings. The first kappa shape index (κ1) is 24.0. The van der Waals surface area contributed by atoms with E-state index in [9.17, 15) is 19.1 Å². The number of nitrogens with zero attached hydrogens (tertiary/aromatic N) is 2. The zero-order chi connectivity index (χ0) is 25.2. The van der Waals surface area contributed by atoms with E-state index in [2.05, 4.69) is 5.32 Å². The Kier molecular flexibility index (Phi) is 6.74. The van der Waals surface area contributed by atoms with Crippen molar-refractivity contribution < 1.29 is 19.1 Å². The number of nitrogens with one attached hydrogen (secondary N) is 1. The summed E-state index contributed by atoms with van der Waals surface area (Å²) >= 11 is 6.12. The second-order valence-electron chi connectivity index (χ2n) is 9.16. The van der Waals surface area contributed by atoms with Crippen LogP contribution in [0.25, 0.3) is 22.4 Å². The molecule has 1 aliphatic carbocycles. The van der Waals surface area contributed by atoms with Crippen molar-refractivity contribution in [2.24, 2.45) is 5.92 Å². The quantitative estimate of drug-likeness (QED) is 0.297. The van der Waals surface area contributed by atoms with Crippen molar-refractivity contribution in [2.45, 2.75) is 38.1 Å². The van der Waals surface area contributed by atoms with Gasteiger partial charge in [0.1, 0.15) is 17.7 Å². The van der Waals surface area contributed by atoms with E-state index in [1.54, 1.807) is 30.3 Å². The van der Waals surface area contributed by atoms with Crippen molar-refractivity contribution in [1.29, 1.82) is 0 Å². The number of aromatic carboxylic acids is 1. The summed E-state index contributed by atoms with van der Waals surface area (Å²) in [4.78, 5) is 29.9. The van der Waals surface area contributed by atoms with Crippen LogP contribution >= 0.6 is 11.6 Å². The Bertz CT molecular complexity index is 1410. The van der Waals surface area contributed by atoms with E-state index in [0.29, 0.717) is 27.6 Å². The fraction of sp³-hybridized carbons (Fsp3) is 0.250. The average molecular weight is 506 g/mol. The predicted molar refractivity (Wildman–Crippen MR) is 138 cm³/mol. The lowest BCUT2D eigenvalue weighted by Crippen LogP contribution is -2.33. The van der Waals surface area contributed by atoms with Crippen molar-refractivity contribution in [3.63, 3.8) is 0 Å². The number of amides is 1. The van der Waals surface area contributed by atoms with Crippen LogP contribution in [0.2, 0.25) is 5.02 Å². The van der Waals surface area contributed by atoms with Crippen LogP contribution in [0.5, 0.6) is 0 Å². The number of aromatic nitrogens is 2. The van der Waals surface area contributed by atoms with Gasteiger partial charge in [0.25, 0.3) is 0 Å². The molecule has 5 rings (SSSR count). The second kappa shape index (κ2) is 10.1. The number of anilines is 1. The van der Waals surface area contributed by atoms with Crippen LogP contribution in [0.4, 0.5) is 10.1 Å². The Hall–Kier alpha value is -3.71. The lowest BCUT2D eigenvalue weighted by atomic mass is 9.83. The van der Waals surface area contributed by atoms with E-state index in [1.807, 2.05) is 16.7 Å². The summed E-state index contributed by atoms with van der Waals surface area (Å²) in [5, 5.41) is 12.7. The minimum atomic E-state index is -1.03. The summed E-state index contributed by atoms with van der Waals surface area (Å²) in [5.41, 5.74) is 2.57. The molecule has 0 saturated heterocycles. The molecule has 0 aliphatic heterocycles. The van der Waals surface area contributed by atoms with Gasteiger partial charge in [0.05, 0.1) is 16.6 Å². The molecule has 1 saturated carbocycles. The van der Waals surface area contributed by atoms with Gasteiger partial charge in [0, 0.05) is 22.3 Å². The van der Waals surface area contributed by atoms with Crippen LogP contribution < -0.4 is 5.32 Å². The molecular formula is C28H25ClFN3O3. The van der Waals surface area contributed by atoms with Gasteiger partial charge in [-0.2, -0.15) is 0 Å². The number of carboxylic acid groups (broad SMARTS) is 1. The third-order valence-electron chi connectivity index (χ3n) is 6.80. The van der Waals surface area contributed by atoms with Crippen LogP contribution in [-0.4, -0.2) is 26.5 Å². The van der Waals surface area contributed by atoms with Crippen LogP contribution in [0.1, 0.15) is 48.5 Å². The molecule has 1 aromatic heterocycles. The van der Waals surface area contributed by atoms with Gasteiger partial charge in [-0.15, -0.1) is 0 Å². The third kappa shape index (κ3) is 4.84. The molecule has 184 valence electrons. The first-order valence-corrected chi connectivity index (χ1v) is 12.4. The Labute approximate surface area is 212 Å². The molecule has 0 bridgehead atoms. The molecule has 36 heavy (non-hydrogen) atoms. The van der Waals surface area contributed by atoms with Gasteiger partial charge in [-0.05, 0) is 79.4 Å². The largest absolute Gasteiger partial charge is 0.478 e. The zero-order valence-corrected chi connectivity index (χ0v) is 20.2. The summed E-state index contributed by atoms with van der Waals surface area (Å²) in [6.07, 6.45) is 4.95. The molecule has 1 unspecified atom stereocenters. The van der Waals surface area contributed by atoms with Gasteiger partial charge in [-0.3, -0.25) is 4.79 Å². The van der Waals surface area contributed by atoms with Gasteiger partial charge in [0.15, 0.2) is 0 Å².